The maximum absolute atomic E-state index is 13.0. The van der Waals surface area contributed by atoms with Crippen LogP contribution in [0.2, 0.25) is 0 Å². The minimum atomic E-state index is -0.259. The van der Waals surface area contributed by atoms with Gasteiger partial charge in [-0.3, -0.25) is 10.1 Å². The van der Waals surface area contributed by atoms with E-state index in [9.17, 15) is 4.79 Å². The third-order valence-electron chi connectivity index (χ3n) is 4.82. The summed E-state index contributed by atoms with van der Waals surface area (Å²) in [6.07, 6.45) is 1.68. The quantitative estimate of drug-likeness (QED) is 0.437. The number of rotatable bonds is 5. The van der Waals surface area contributed by atoms with Crippen molar-refractivity contribution in [2.75, 3.05) is 18.5 Å². The van der Waals surface area contributed by atoms with Gasteiger partial charge in [0.05, 0.1) is 21.5 Å². The number of thioether (sulfide) groups is 1. The summed E-state index contributed by atoms with van der Waals surface area (Å²) in [5.74, 6) is 2.51. The number of amides is 1. The lowest BCUT2D eigenvalue weighted by molar-refractivity contribution is 0.102. The molecule has 4 aromatic rings. The van der Waals surface area contributed by atoms with Crippen LogP contribution in [0.4, 0.5) is 5.13 Å². The molecule has 1 aliphatic rings. The molecular formula is C21H18N4O4S2. The third-order valence-corrected chi connectivity index (χ3v) is 6.79. The molecule has 0 saturated heterocycles. The Labute approximate surface area is 186 Å². The number of benzene rings is 1. The molecule has 8 nitrogen and oxygen atoms in total. The summed E-state index contributed by atoms with van der Waals surface area (Å²) < 4.78 is 17.4. The van der Waals surface area contributed by atoms with E-state index in [4.69, 9.17) is 14.0 Å². The van der Waals surface area contributed by atoms with Crippen molar-refractivity contribution in [1.82, 2.24) is 15.1 Å². The van der Waals surface area contributed by atoms with Gasteiger partial charge in [0.2, 0.25) is 0 Å². The Kier molecular flexibility index (Phi) is 5.24. The normalized spacial score (nSPS) is 12.8. The second-order valence-corrected chi connectivity index (χ2v) is 8.88. The van der Waals surface area contributed by atoms with Gasteiger partial charge < -0.3 is 14.0 Å². The van der Waals surface area contributed by atoms with E-state index in [1.165, 1.54) is 23.1 Å². The minimum Gasteiger partial charge on any atom is -0.486 e. The summed E-state index contributed by atoms with van der Waals surface area (Å²) in [6.45, 7) is 4.82. The SMILES string of the molecule is Cc1noc(C)c1CSc1ncccc1C(=O)Nc1nc2cc3c(cc2s1)OCCO3. The highest BCUT2D eigenvalue weighted by molar-refractivity contribution is 7.98. The Morgan fingerprint density at radius 3 is 2.81 bits per heavy atom. The summed E-state index contributed by atoms with van der Waals surface area (Å²) in [7, 11) is 0. The Bertz CT molecular complexity index is 1220. The van der Waals surface area contributed by atoms with E-state index < -0.39 is 0 Å². The first-order valence-electron chi connectivity index (χ1n) is 9.59. The van der Waals surface area contributed by atoms with Gasteiger partial charge in [-0.05, 0) is 26.0 Å². The standard InChI is InChI=1S/C21H18N4O4S2/c1-11-14(12(2)29-25-11)10-30-20-13(4-3-5-22-20)19(26)24-21-23-15-8-16-17(9-18(15)31-21)28-7-6-27-16/h3-5,8-9H,6-7,10H2,1-2H3,(H,23,24,26). The number of nitrogens with zero attached hydrogens (tertiary/aromatic N) is 3. The van der Waals surface area contributed by atoms with Gasteiger partial charge in [-0.2, -0.15) is 0 Å². The molecule has 31 heavy (non-hydrogen) atoms. The molecule has 158 valence electrons. The van der Waals surface area contributed by atoms with Crippen LogP contribution in [0, 0.1) is 13.8 Å². The molecule has 1 N–H and O–H groups in total. The number of nitrogens with one attached hydrogen (secondary N) is 1. The van der Waals surface area contributed by atoms with Crippen molar-refractivity contribution < 1.29 is 18.8 Å². The molecule has 1 amide bonds. The highest BCUT2D eigenvalue weighted by Crippen LogP contribution is 2.38. The van der Waals surface area contributed by atoms with Crippen LogP contribution in [0.5, 0.6) is 11.5 Å². The number of fused-ring (bicyclic) bond motifs is 2. The summed E-state index contributed by atoms with van der Waals surface area (Å²) >= 11 is 2.86. The number of aryl methyl sites for hydroxylation is 2. The van der Waals surface area contributed by atoms with Crippen LogP contribution in [0.1, 0.15) is 27.4 Å². The molecule has 4 heterocycles. The number of hydrogen-bond donors (Lipinski definition) is 1. The van der Waals surface area contributed by atoms with E-state index in [1.807, 2.05) is 26.0 Å². The predicted octanol–water partition coefficient (Wildman–Crippen LogP) is 4.61. The van der Waals surface area contributed by atoms with Gasteiger partial charge in [0.25, 0.3) is 5.91 Å². The summed E-state index contributed by atoms with van der Waals surface area (Å²) in [5.41, 5.74) is 3.10. The minimum absolute atomic E-state index is 0.259. The maximum atomic E-state index is 13.0. The molecular weight excluding hydrogens is 436 g/mol. The molecule has 0 bridgehead atoms. The van der Waals surface area contributed by atoms with Crippen molar-refractivity contribution in [2.45, 2.75) is 24.6 Å². The van der Waals surface area contributed by atoms with E-state index in [0.29, 0.717) is 46.2 Å². The number of ether oxygens (including phenoxy) is 2. The van der Waals surface area contributed by atoms with Crippen LogP contribution in [0.3, 0.4) is 0 Å². The first kappa shape index (κ1) is 19.8. The molecule has 0 fully saturated rings. The molecule has 1 aliphatic heterocycles. The number of anilines is 1. The predicted molar refractivity (Wildman–Crippen MR) is 118 cm³/mol. The number of hydrogen-bond acceptors (Lipinski definition) is 9. The lowest BCUT2D eigenvalue weighted by Crippen LogP contribution is -2.15. The van der Waals surface area contributed by atoms with Crippen LogP contribution in [-0.2, 0) is 5.75 Å². The molecule has 1 aromatic carbocycles. The summed E-state index contributed by atoms with van der Waals surface area (Å²) in [6, 6.07) is 7.23. The van der Waals surface area contributed by atoms with Gasteiger partial charge in [-0.25, -0.2) is 9.97 Å². The molecule has 0 atom stereocenters. The fourth-order valence-electron chi connectivity index (χ4n) is 3.21. The van der Waals surface area contributed by atoms with Gasteiger partial charge in [0, 0.05) is 29.6 Å². The number of pyridine rings is 1. The molecule has 0 saturated carbocycles. The highest BCUT2D eigenvalue weighted by atomic mass is 32.2. The lowest BCUT2D eigenvalue weighted by atomic mass is 10.2. The van der Waals surface area contributed by atoms with Crippen LogP contribution in [0.25, 0.3) is 10.2 Å². The Hall–Kier alpha value is -3.11. The smallest absolute Gasteiger partial charge is 0.260 e. The first-order valence-corrected chi connectivity index (χ1v) is 11.4. The van der Waals surface area contributed by atoms with Crippen molar-refractivity contribution in [3.63, 3.8) is 0 Å². The average Bonchev–Trinajstić information content (AvgIpc) is 3.31. The third kappa shape index (κ3) is 3.96. The summed E-state index contributed by atoms with van der Waals surface area (Å²) in [4.78, 5) is 21.9. The van der Waals surface area contributed by atoms with E-state index in [0.717, 1.165) is 27.2 Å². The number of aromatic nitrogens is 3. The largest absolute Gasteiger partial charge is 0.486 e. The van der Waals surface area contributed by atoms with Crippen molar-refractivity contribution in [2.24, 2.45) is 0 Å². The molecule has 0 spiro atoms. The zero-order valence-corrected chi connectivity index (χ0v) is 18.4. The van der Waals surface area contributed by atoms with Gasteiger partial charge in [-0.15, -0.1) is 11.8 Å². The van der Waals surface area contributed by atoms with Crippen molar-refractivity contribution >= 4 is 44.4 Å². The number of carbonyl (C=O) groups excluding carboxylic acids is 1. The van der Waals surface area contributed by atoms with Crippen LogP contribution >= 0.6 is 23.1 Å². The van der Waals surface area contributed by atoms with Gasteiger partial charge >= 0.3 is 0 Å². The average molecular weight is 455 g/mol. The van der Waals surface area contributed by atoms with Gasteiger partial charge in [0.1, 0.15) is 24.0 Å². The second kappa shape index (κ2) is 8.20. The Morgan fingerprint density at radius 2 is 2.03 bits per heavy atom. The zero-order valence-electron chi connectivity index (χ0n) is 16.8. The number of thiazole rings is 1. The topological polar surface area (TPSA) is 99.4 Å². The van der Waals surface area contributed by atoms with E-state index >= 15 is 0 Å². The molecule has 0 unspecified atom stereocenters. The lowest BCUT2D eigenvalue weighted by Gasteiger charge is -2.17. The van der Waals surface area contributed by atoms with Crippen LogP contribution in [-0.4, -0.2) is 34.2 Å². The van der Waals surface area contributed by atoms with Crippen molar-refractivity contribution in [3.05, 3.63) is 53.0 Å². The highest BCUT2D eigenvalue weighted by Gasteiger charge is 2.19. The van der Waals surface area contributed by atoms with Gasteiger partial charge in [-0.1, -0.05) is 16.5 Å². The van der Waals surface area contributed by atoms with Crippen molar-refractivity contribution in [1.29, 1.82) is 0 Å². The molecule has 3 aromatic heterocycles. The monoisotopic (exact) mass is 454 g/mol. The van der Waals surface area contributed by atoms with E-state index in [2.05, 4.69) is 20.4 Å². The molecule has 0 aliphatic carbocycles. The van der Waals surface area contributed by atoms with Crippen LogP contribution < -0.4 is 14.8 Å². The summed E-state index contributed by atoms with van der Waals surface area (Å²) in [5, 5.41) is 8.02. The first-order chi connectivity index (χ1) is 15.1. The Morgan fingerprint density at radius 1 is 1.23 bits per heavy atom. The fourth-order valence-corrected chi connectivity index (χ4v) is 5.23. The van der Waals surface area contributed by atoms with Gasteiger partial charge in [0.15, 0.2) is 16.6 Å². The van der Waals surface area contributed by atoms with Crippen LogP contribution in [0.15, 0.2) is 40.0 Å². The molecule has 0 radical (unpaired) electrons. The molecule has 5 rings (SSSR count). The van der Waals surface area contributed by atoms with Crippen molar-refractivity contribution in [3.8, 4) is 11.5 Å². The zero-order chi connectivity index (χ0) is 21.4. The maximum Gasteiger partial charge on any atom is 0.260 e. The van der Waals surface area contributed by atoms with E-state index in [-0.39, 0.29) is 5.91 Å². The Balaban J connectivity index is 1.36. The molecule has 10 heteroatoms. The number of carbonyl (C=O) groups is 1. The van der Waals surface area contributed by atoms with E-state index in [1.54, 1.807) is 18.3 Å². The second-order valence-electron chi connectivity index (χ2n) is 6.88. The fraction of sp³-hybridized carbons (Fsp3) is 0.238.